The summed E-state index contributed by atoms with van der Waals surface area (Å²) in [6.07, 6.45) is 12.9. The first-order valence-corrected chi connectivity index (χ1v) is 13.2. The fourth-order valence-corrected chi connectivity index (χ4v) is 3.48. The van der Waals surface area contributed by atoms with Crippen LogP contribution in [0.1, 0.15) is 64.2 Å². The Bertz CT molecular complexity index is 350. The smallest absolute Gasteiger partial charge is 0.102 e. The summed E-state index contributed by atoms with van der Waals surface area (Å²) in [5.41, 5.74) is 5.57. The van der Waals surface area contributed by atoms with E-state index in [1.807, 2.05) is 0 Å². The first-order valence-electron chi connectivity index (χ1n) is 12.6. The molecule has 0 heterocycles. The Hall–Kier alpha value is 0.110. The van der Waals surface area contributed by atoms with Gasteiger partial charge < -0.3 is 29.2 Å². The van der Waals surface area contributed by atoms with Crippen LogP contribution in [-0.2, 0) is 18.9 Å². The van der Waals surface area contributed by atoms with E-state index in [2.05, 4.69) is 26.7 Å². The average molecular weight is 466 g/mol. The molecule has 188 valence electrons. The van der Waals surface area contributed by atoms with Crippen LogP contribution in [0.25, 0.3) is 0 Å². The zero-order valence-corrected chi connectivity index (χ0v) is 21.6. The van der Waals surface area contributed by atoms with Gasteiger partial charge >= 0.3 is 0 Å². The highest BCUT2D eigenvalue weighted by Gasteiger charge is 2.13. The Balaban J connectivity index is 3.11. The van der Waals surface area contributed by atoms with E-state index in [-0.39, 0.29) is 0 Å². The lowest BCUT2D eigenvalue weighted by molar-refractivity contribution is -0.890. The van der Waals surface area contributed by atoms with Crippen LogP contribution >= 0.6 is 12.6 Å². The fraction of sp³-hybridized carbons (Fsp3) is 1.00. The van der Waals surface area contributed by atoms with Crippen molar-refractivity contribution in [2.24, 2.45) is 5.73 Å². The first-order chi connectivity index (χ1) is 15.1. The largest absolute Gasteiger partial charge is 0.379 e. The van der Waals surface area contributed by atoms with E-state index in [0.29, 0.717) is 39.6 Å². The van der Waals surface area contributed by atoms with Crippen LogP contribution < -0.4 is 5.73 Å². The molecule has 0 saturated heterocycles. The maximum atomic E-state index is 5.65. The summed E-state index contributed by atoms with van der Waals surface area (Å²) in [5, 5.41) is 0. The summed E-state index contributed by atoms with van der Waals surface area (Å²) >= 11 is 4.25. The fourth-order valence-electron chi connectivity index (χ4n) is 3.26. The quantitative estimate of drug-likeness (QED) is 0.115. The number of quaternary nitrogens is 1. The molecule has 0 spiro atoms. The summed E-state index contributed by atoms with van der Waals surface area (Å²) in [6.45, 7) is 8.23. The molecule has 0 aromatic carbocycles. The van der Waals surface area contributed by atoms with Gasteiger partial charge in [-0.3, -0.25) is 0 Å². The van der Waals surface area contributed by atoms with E-state index in [1.54, 1.807) is 0 Å². The molecule has 0 aromatic rings. The van der Waals surface area contributed by atoms with Crippen molar-refractivity contribution < 1.29 is 23.4 Å². The van der Waals surface area contributed by atoms with Gasteiger partial charge in [0.2, 0.25) is 0 Å². The number of nitrogens with zero attached hydrogens (tertiary/aromatic N) is 1. The number of hydrogen-bond acceptors (Lipinski definition) is 6. The number of thiol groups is 1. The highest BCUT2D eigenvalue weighted by molar-refractivity contribution is 7.80. The molecule has 0 unspecified atom stereocenters. The maximum absolute atomic E-state index is 5.65. The van der Waals surface area contributed by atoms with Gasteiger partial charge in [0.15, 0.2) is 0 Å². The van der Waals surface area contributed by atoms with Crippen LogP contribution in [0, 0.1) is 0 Å². The number of ether oxygens (including phenoxy) is 4. The molecule has 0 saturated carbocycles. The molecule has 7 heteroatoms. The van der Waals surface area contributed by atoms with Crippen molar-refractivity contribution in [2.75, 3.05) is 92.3 Å². The zero-order chi connectivity index (χ0) is 22.9. The van der Waals surface area contributed by atoms with Crippen LogP contribution in [0.3, 0.4) is 0 Å². The minimum atomic E-state index is 0.607. The molecule has 0 aromatic heterocycles. The monoisotopic (exact) mass is 465 g/mol. The topological polar surface area (TPSA) is 62.9 Å². The molecule has 0 aliphatic rings. The second-order valence-electron chi connectivity index (χ2n) is 8.88. The van der Waals surface area contributed by atoms with Crippen LogP contribution in [0.2, 0.25) is 0 Å². The molecular weight excluding hydrogens is 412 g/mol. The molecule has 0 radical (unpaired) electrons. The Labute approximate surface area is 198 Å². The summed E-state index contributed by atoms with van der Waals surface area (Å²) in [7, 11) is 4.43. The van der Waals surface area contributed by atoms with Gasteiger partial charge in [-0.25, -0.2) is 0 Å². The van der Waals surface area contributed by atoms with Gasteiger partial charge in [-0.1, -0.05) is 44.9 Å². The van der Waals surface area contributed by atoms with E-state index in [4.69, 9.17) is 24.7 Å². The van der Waals surface area contributed by atoms with E-state index < -0.39 is 0 Å². The Morgan fingerprint density at radius 1 is 0.516 bits per heavy atom. The summed E-state index contributed by atoms with van der Waals surface area (Å²) in [6, 6.07) is 0. The van der Waals surface area contributed by atoms with Gasteiger partial charge in [0.25, 0.3) is 0 Å². The predicted octanol–water partition coefficient (Wildman–Crippen LogP) is 3.92. The van der Waals surface area contributed by atoms with Gasteiger partial charge in [-0.15, -0.1) is 0 Å². The third-order valence-corrected chi connectivity index (χ3v) is 5.69. The molecule has 2 N–H and O–H groups in total. The van der Waals surface area contributed by atoms with E-state index in [0.717, 1.165) is 55.9 Å². The minimum absolute atomic E-state index is 0.607. The van der Waals surface area contributed by atoms with Crippen molar-refractivity contribution in [1.82, 2.24) is 0 Å². The van der Waals surface area contributed by atoms with Gasteiger partial charge in [-0.2, -0.15) is 12.6 Å². The standard InChI is InChI=1S/C24H52N2O4S/c1-26(2,14-12-13-25)15-17-28-19-21-30-23-22-29-20-18-27-16-10-8-6-4-3-5-7-9-11-24-31/h3-25H2,1-2H3/p+1. The van der Waals surface area contributed by atoms with Crippen LogP contribution in [-0.4, -0.2) is 96.8 Å². The first kappa shape index (κ1) is 31.1. The van der Waals surface area contributed by atoms with Crippen molar-refractivity contribution in [3.05, 3.63) is 0 Å². The van der Waals surface area contributed by atoms with Crippen molar-refractivity contribution in [3.63, 3.8) is 0 Å². The average Bonchev–Trinajstić information content (AvgIpc) is 2.76. The highest BCUT2D eigenvalue weighted by atomic mass is 32.1. The lowest BCUT2D eigenvalue weighted by Crippen LogP contribution is -2.43. The van der Waals surface area contributed by atoms with Crippen molar-refractivity contribution in [2.45, 2.75) is 64.2 Å². The summed E-state index contributed by atoms with van der Waals surface area (Å²) in [5.74, 6) is 1.03. The molecule has 0 bridgehead atoms. The Morgan fingerprint density at radius 3 is 1.42 bits per heavy atom. The van der Waals surface area contributed by atoms with E-state index in [9.17, 15) is 0 Å². The number of hydrogen-bond donors (Lipinski definition) is 2. The molecule has 6 nitrogen and oxygen atoms in total. The van der Waals surface area contributed by atoms with Gasteiger partial charge in [0.05, 0.1) is 66.9 Å². The van der Waals surface area contributed by atoms with Crippen molar-refractivity contribution in [1.29, 1.82) is 0 Å². The maximum Gasteiger partial charge on any atom is 0.102 e. The van der Waals surface area contributed by atoms with E-state index >= 15 is 0 Å². The molecule has 0 atom stereocenters. The second kappa shape index (κ2) is 24.7. The van der Waals surface area contributed by atoms with Crippen LogP contribution in [0.4, 0.5) is 0 Å². The second-order valence-corrected chi connectivity index (χ2v) is 9.33. The van der Waals surface area contributed by atoms with Gasteiger partial charge in [-0.05, 0) is 25.1 Å². The third-order valence-electron chi connectivity index (χ3n) is 5.37. The lowest BCUT2D eigenvalue weighted by atomic mass is 10.1. The molecule has 0 amide bonds. The molecule has 31 heavy (non-hydrogen) atoms. The predicted molar refractivity (Wildman–Crippen MR) is 134 cm³/mol. The van der Waals surface area contributed by atoms with Crippen LogP contribution in [0.15, 0.2) is 0 Å². The van der Waals surface area contributed by atoms with Gasteiger partial charge in [0.1, 0.15) is 6.54 Å². The molecular formula is C24H53N2O4S+. The number of likely N-dealkylation sites (N-methyl/N-ethyl adjacent to an activating group) is 1. The van der Waals surface area contributed by atoms with Crippen molar-refractivity contribution >= 4 is 12.6 Å². The lowest BCUT2D eigenvalue weighted by Gasteiger charge is -2.29. The summed E-state index contributed by atoms with van der Waals surface area (Å²) in [4.78, 5) is 0. The summed E-state index contributed by atoms with van der Waals surface area (Å²) < 4.78 is 23.3. The number of rotatable bonds is 26. The third kappa shape index (κ3) is 26.2. The molecule has 0 aliphatic carbocycles. The number of unbranched alkanes of at least 4 members (excludes halogenated alkanes) is 8. The van der Waals surface area contributed by atoms with E-state index in [1.165, 1.54) is 51.4 Å². The minimum Gasteiger partial charge on any atom is -0.379 e. The zero-order valence-electron chi connectivity index (χ0n) is 20.7. The molecule has 0 fully saturated rings. The highest BCUT2D eigenvalue weighted by Crippen LogP contribution is 2.10. The molecule has 0 aliphatic heterocycles. The SMILES string of the molecule is C[N+](C)(CCCN)CCOCCOCCOCCOCCCCCCCCCCCS. The molecule has 0 rings (SSSR count). The normalized spacial score (nSPS) is 12.0. The van der Waals surface area contributed by atoms with Crippen LogP contribution in [0.5, 0.6) is 0 Å². The van der Waals surface area contributed by atoms with Gasteiger partial charge in [0, 0.05) is 13.0 Å². The Morgan fingerprint density at radius 2 is 0.935 bits per heavy atom. The Kier molecular flexibility index (Phi) is 24.8. The van der Waals surface area contributed by atoms with Crippen molar-refractivity contribution in [3.8, 4) is 0 Å². The number of nitrogens with two attached hydrogens (primary N) is 1.